The van der Waals surface area contributed by atoms with E-state index in [1.54, 1.807) is 16.2 Å². The zero-order chi connectivity index (χ0) is 24.2. The summed E-state index contributed by atoms with van der Waals surface area (Å²) in [6.07, 6.45) is 2.87. The number of likely N-dealkylation sites (N-methyl/N-ethyl adjacent to an activating group) is 1. The SMILES string of the molecule is CCN(C(=O)Cn1c(C(=O)N[C@H]2CC[C@H](C(=O)OC)CC2)cc2sccc21)c1ccc(C)cc1. The Bertz CT molecular complexity index is 1170. The van der Waals surface area contributed by atoms with Crippen LogP contribution in [0.4, 0.5) is 5.69 Å². The first-order chi connectivity index (χ1) is 16.4. The zero-order valence-corrected chi connectivity index (χ0v) is 20.7. The first-order valence-electron chi connectivity index (χ1n) is 11.7. The quantitative estimate of drug-likeness (QED) is 0.503. The van der Waals surface area contributed by atoms with Crippen LogP contribution >= 0.6 is 11.3 Å². The number of esters is 1. The number of amides is 2. The molecular formula is C26H31N3O4S. The number of benzene rings is 1. The fourth-order valence-electron chi connectivity index (χ4n) is 4.68. The van der Waals surface area contributed by atoms with Gasteiger partial charge in [0.25, 0.3) is 5.91 Å². The molecule has 0 radical (unpaired) electrons. The van der Waals surface area contributed by atoms with E-state index < -0.39 is 0 Å². The van der Waals surface area contributed by atoms with E-state index in [2.05, 4.69) is 5.32 Å². The minimum absolute atomic E-state index is 0.00481. The highest BCUT2D eigenvalue weighted by atomic mass is 32.1. The summed E-state index contributed by atoms with van der Waals surface area (Å²) >= 11 is 1.55. The van der Waals surface area contributed by atoms with Crippen LogP contribution < -0.4 is 10.2 Å². The molecule has 1 saturated carbocycles. The second-order valence-electron chi connectivity index (χ2n) is 8.80. The number of nitrogens with zero attached hydrogens (tertiary/aromatic N) is 2. The molecular weight excluding hydrogens is 450 g/mol. The highest BCUT2D eigenvalue weighted by molar-refractivity contribution is 7.17. The van der Waals surface area contributed by atoms with Crippen molar-refractivity contribution in [2.24, 2.45) is 5.92 Å². The molecule has 1 aromatic carbocycles. The van der Waals surface area contributed by atoms with Crippen molar-refractivity contribution in [3.05, 3.63) is 53.0 Å². The molecule has 4 rings (SSSR count). The van der Waals surface area contributed by atoms with Crippen molar-refractivity contribution in [1.82, 2.24) is 9.88 Å². The second kappa shape index (κ2) is 10.4. The maximum atomic E-state index is 13.3. The van der Waals surface area contributed by atoms with Gasteiger partial charge in [0.1, 0.15) is 12.2 Å². The van der Waals surface area contributed by atoms with Crippen molar-refractivity contribution in [3.8, 4) is 0 Å². The molecule has 180 valence electrons. The Labute approximate surface area is 203 Å². The lowest BCUT2D eigenvalue weighted by atomic mass is 9.86. The van der Waals surface area contributed by atoms with Gasteiger partial charge in [-0.2, -0.15) is 0 Å². The number of anilines is 1. The van der Waals surface area contributed by atoms with Crippen LogP contribution in [0.2, 0.25) is 0 Å². The van der Waals surface area contributed by atoms with E-state index in [-0.39, 0.29) is 36.3 Å². The summed E-state index contributed by atoms with van der Waals surface area (Å²) < 4.78 is 7.65. The third kappa shape index (κ3) is 5.01. The number of carbonyl (C=O) groups excluding carboxylic acids is 3. The van der Waals surface area contributed by atoms with Crippen LogP contribution in [-0.2, 0) is 20.9 Å². The molecule has 1 fully saturated rings. The Morgan fingerprint density at radius 2 is 1.82 bits per heavy atom. The fraction of sp³-hybridized carbons (Fsp3) is 0.423. The van der Waals surface area contributed by atoms with E-state index in [0.717, 1.165) is 34.3 Å². The monoisotopic (exact) mass is 481 g/mol. The van der Waals surface area contributed by atoms with Crippen molar-refractivity contribution >= 4 is 45.0 Å². The van der Waals surface area contributed by atoms with Gasteiger partial charge in [-0.25, -0.2) is 0 Å². The molecule has 0 unspecified atom stereocenters. The third-order valence-electron chi connectivity index (χ3n) is 6.61. The van der Waals surface area contributed by atoms with E-state index in [4.69, 9.17) is 4.74 Å². The molecule has 0 aliphatic heterocycles. The minimum atomic E-state index is -0.184. The van der Waals surface area contributed by atoms with Crippen LogP contribution in [0.15, 0.2) is 41.8 Å². The minimum Gasteiger partial charge on any atom is -0.469 e. The van der Waals surface area contributed by atoms with Crippen LogP contribution in [0.25, 0.3) is 10.2 Å². The molecule has 2 aromatic heterocycles. The topological polar surface area (TPSA) is 80.6 Å². The second-order valence-corrected chi connectivity index (χ2v) is 9.75. The number of hydrogen-bond donors (Lipinski definition) is 1. The van der Waals surface area contributed by atoms with E-state index in [9.17, 15) is 14.4 Å². The predicted molar refractivity (Wildman–Crippen MR) is 134 cm³/mol. The molecule has 3 aromatic rings. The maximum absolute atomic E-state index is 13.3. The molecule has 0 spiro atoms. The average Bonchev–Trinajstić information content (AvgIpc) is 3.43. The number of nitrogens with one attached hydrogen (secondary N) is 1. The van der Waals surface area contributed by atoms with E-state index >= 15 is 0 Å². The maximum Gasteiger partial charge on any atom is 0.308 e. The summed E-state index contributed by atoms with van der Waals surface area (Å²) in [5.41, 5.74) is 3.36. The highest BCUT2D eigenvalue weighted by Crippen LogP contribution is 2.28. The molecule has 34 heavy (non-hydrogen) atoms. The highest BCUT2D eigenvalue weighted by Gasteiger charge is 2.29. The number of hydrogen-bond acceptors (Lipinski definition) is 5. The van der Waals surface area contributed by atoms with Crippen molar-refractivity contribution in [1.29, 1.82) is 0 Å². The largest absolute Gasteiger partial charge is 0.469 e. The molecule has 2 heterocycles. The molecule has 1 N–H and O–H groups in total. The third-order valence-corrected chi connectivity index (χ3v) is 7.46. The number of aromatic nitrogens is 1. The Hall–Kier alpha value is -3.13. The summed E-state index contributed by atoms with van der Waals surface area (Å²) in [5.74, 6) is -0.517. The van der Waals surface area contributed by atoms with Gasteiger partial charge in [-0.1, -0.05) is 17.7 Å². The Balaban J connectivity index is 1.50. The number of aryl methyl sites for hydroxylation is 1. The van der Waals surface area contributed by atoms with Gasteiger partial charge in [-0.05, 0) is 69.2 Å². The lowest BCUT2D eigenvalue weighted by molar-refractivity contribution is -0.146. The average molecular weight is 482 g/mol. The summed E-state index contributed by atoms with van der Waals surface area (Å²) in [4.78, 5) is 40.1. The normalized spacial score (nSPS) is 18.0. The van der Waals surface area contributed by atoms with Gasteiger partial charge in [0.2, 0.25) is 5.91 Å². The van der Waals surface area contributed by atoms with Crippen LogP contribution in [0.5, 0.6) is 0 Å². The Morgan fingerprint density at radius 3 is 2.47 bits per heavy atom. The molecule has 1 aliphatic rings. The van der Waals surface area contributed by atoms with Crippen LogP contribution in [0.3, 0.4) is 0 Å². The van der Waals surface area contributed by atoms with Gasteiger partial charge in [-0.3, -0.25) is 14.4 Å². The van der Waals surface area contributed by atoms with Crippen molar-refractivity contribution in [3.63, 3.8) is 0 Å². The molecule has 0 saturated heterocycles. The number of rotatable bonds is 7. The number of carbonyl (C=O) groups is 3. The molecule has 1 aliphatic carbocycles. The molecule has 0 bridgehead atoms. The van der Waals surface area contributed by atoms with Crippen LogP contribution in [0, 0.1) is 12.8 Å². The van der Waals surface area contributed by atoms with E-state index in [0.29, 0.717) is 25.1 Å². The summed E-state index contributed by atoms with van der Waals surface area (Å²) in [6, 6.07) is 11.7. The molecule has 2 amide bonds. The standard InChI is InChI=1S/C26H31N3O4S/c1-4-28(20-11-5-17(2)6-12-20)24(30)16-29-21-13-14-34-23(21)15-22(29)25(31)27-19-9-7-18(8-10-19)26(32)33-3/h5-6,11-15,18-19H,4,7-10,16H2,1-3H3,(H,27,31)/t18-,19-. The van der Waals surface area contributed by atoms with Gasteiger partial charge in [0.05, 0.1) is 23.2 Å². The van der Waals surface area contributed by atoms with Gasteiger partial charge in [-0.15, -0.1) is 11.3 Å². The number of methoxy groups -OCH3 is 1. The Kier molecular flexibility index (Phi) is 7.36. The Morgan fingerprint density at radius 1 is 1.12 bits per heavy atom. The first kappa shape index (κ1) is 24.0. The number of fused-ring (bicyclic) bond motifs is 1. The van der Waals surface area contributed by atoms with Gasteiger partial charge >= 0.3 is 5.97 Å². The summed E-state index contributed by atoms with van der Waals surface area (Å²) in [6.45, 7) is 4.59. The van der Waals surface area contributed by atoms with Gasteiger partial charge in [0, 0.05) is 18.3 Å². The molecule has 0 atom stereocenters. The van der Waals surface area contributed by atoms with Gasteiger partial charge in [0.15, 0.2) is 0 Å². The first-order valence-corrected chi connectivity index (χ1v) is 12.6. The molecule has 8 heteroatoms. The number of thiophene rings is 1. The zero-order valence-electron chi connectivity index (χ0n) is 19.9. The van der Waals surface area contributed by atoms with Crippen molar-refractivity contribution in [2.45, 2.75) is 52.1 Å². The van der Waals surface area contributed by atoms with Crippen molar-refractivity contribution < 1.29 is 19.1 Å². The predicted octanol–water partition coefficient (Wildman–Crippen LogP) is 4.53. The number of ether oxygens (including phenoxy) is 1. The van der Waals surface area contributed by atoms with E-state index in [1.165, 1.54) is 7.11 Å². The lowest BCUT2D eigenvalue weighted by Crippen LogP contribution is -2.40. The van der Waals surface area contributed by atoms with E-state index in [1.807, 2.05) is 60.2 Å². The van der Waals surface area contributed by atoms with Crippen LogP contribution in [-0.4, -0.2) is 42.0 Å². The van der Waals surface area contributed by atoms with Crippen LogP contribution in [0.1, 0.15) is 48.7 Å². The summed E-state index contributed by atoms with van der Waals surface area (Å²) in [7, 11) is 1.41. The van der Waals surface area contributed by atoms with Gasteiger partial charge < -0.3 is 19.5 Å². The lowest BCUT2D eigenvalue weighted by Gasteiger charge is -2.27. The smallest absolute Gasteiger partial charge is 0.308 e. The fourth-order valence-corrected chi connectivity index (χ4v) is 5.51. The summed E-state index contributed by atoms with van der Waals surface area (Å²) in [5, 5.41) is 5.10. The van der Waals surface area contributed by atoms with Crippen molar-refractivity contribution in [2.75, 3.05) is 18.6 Å². The molecule has 7 nitrogen and oxygen atoms in total.